The number of hydrogen-bond acceptors (Lipinski definition) is 6. The van der Waals surface area contributed by atoms with Gasteiger partial charge in [-0.15, -0.1) is 0 Å². The van der Waals surface area contributed by atoms with E-state index in [2.05, 4.69) is 4.90 Å². The number of rotatable bonds is 11. The molecule has 1 aliphatic rings. The van der Waals surface area contributed by atoms with E-state index >= 15 is 0 Å². The van der Waals surface area contributed by atoms with E-state index in [0.29, 0.717) is 54.3 Å². The molecule has 0 saturated heterocycles. The highest BCUT2D eigenvalue weighted by Gasteiger charge is 2.27. The third kappa shape index (κ3) is 6.67. The van der Waals surface area contributed by atoms with Crippen molar-refractivity contribution < 1.29 is 17.9 Å². The van der Waals surface area contributed by atoms with Gasteiger partial charge >= 0.3 is 0 Å². The topological polar surface area (TPSA) is 81.9 Å². The minimum absolute atomic E-state index is 0.0379. The van der Waals surface area contributed by atoms with Gasteiger partial charge in [-0.2, -0.15) is 0 Å². The quantitative estimate of drug-likeness (QED) is 0.473. The Bertz CT molecular complexity index is 1000. The van der Waals surface area contributed by atoms with Gasteiger partial charge in [-0.1, -0.05) is 35.3 Å². The molecule has 9 heteroatoms. The predicted octanol–water partition coefficient (Wildman–Crippen LogP) is 3.73. The van der Waals surface area contributed by atoms with Crippen LogP contribution in [0.15, 0.2) is 41.3 Å². The van der Waals surface area contributed by atoms with Crippen LogP contribution in [0.2, 0.25) is 10.0 Å². The summed E-state index contributed by atoms with van der Waals surface area (Å²) in [5, 5.41) is 1.27. The first-order valence-electron chi connectivity index (χ1n) is 10.7. The van der Waals surface area contributed by atoms with Gasteiger partial charge in [0.25, 0.3) is 0 Å². The third-order valence-corrected chi connectivity index (χ3v) is 7.84. The summed E-state index contributed by atoms with van der Waals surface area (Å²) < 4.78 is 36.0. The Balaban J connectivity index is 1.63. The van der Waals surface area contributed by atoms with Crippen molar-refractivity contribution in [3.05, 3.63) is 63.1 Å². The van der Waals surface area contributed by atoms with E-state index < -0.39 is 9.84 Å². The summed E-state index contributed by atoms with van der Waals surface area (Å²) in [5.74, 6) is 0.113. The van der Waals surface area contributed by atoms with Crippen LogP contribution in [-0.2, 0) is 25.9 Å². The van der Waals surface area contributed by atoms with Crippen molar-refractivity contribution >= 4 is 33.0 Å². The SMILES string of the molecule is CN1Cc2c(Cl)cc(Cl)cc2[C@H](c2ccc(S(=O)(=O)CCCOCCOCCN)cc2)C1. The van der Waals surface area contributed by atoms with E-state index in [0.717, 1.165) is 29.8 Å². The summed E-state index contributed by atoms with van der Waals surface area (Å²) in [4.78, 5) is 2.53. The fourth-order valence-corrected chi connectivity index (χ4v) is 5.77. The number of nitrogens with zero attached hydrogens (tertiary/aromatic N) is 1. The van der Waals surface area contributed by atoms with E-state index in [1.807, 2.05) is 25.2 Å². The van der Waals surface area contributed by atoms with Crippen molar-refractivity contribution in [3.63, 3.8) is 0 Å². The van der Waals surface area contributed by atoms with Crippen LogP contribution in [-0.4, -0.2) is 65.6 Å². The predicted molar refractivity (Wildman–Crippen MR) is 128 cm³/mol. The van der Waals surface area contributed by atoms with E-state index in [4.69, 9.17) is 38.4 Å². The second kappa shape index (κ2) is 11.8. The van der Waals surface area contributed by atoms with Gasteiger partial charge in [-0.05, 0) is 54.4 Å². The second-order valence-corrected chi connectivity index (χ2v) is 10.9. The molecule has 0 amide bonds. The molecule has 0 spiro atoms. The number of halogens is 2. The zero-order chi connectivity index (χ0) is 23.1. The van der Waals surface area contributed by atoms with Gasteiger partial charge in [0.15, 0.2) is 9.84 Å². The monoisotopic (exact) mass is 500 g/mol. The average Bonchev–Trinajstić information content (AvgIpc) is 2.76. The lowest BCUT2D eigenvalue weighted by Gasteiger charge is -2.33. The lowest BCUT2D eigenvalue weighted by molar-refractivity contribution is 0.0512. The first kappa shape index (κ1) is 25.4. The molecule has 0 aromatic heterocycles. The van der Waals surface area contributed by atoms with Gasteiger partial charge in [0.2, 0.25) is 0 Å². The standard InChI is InChI=1S/C23H30Cl2N2O4S/c1-27-15-21(20-13-18(24)14-23(25)22(20)16-27)17-3-5-19(6-4-17)32(28,29)12-2-8-30-10-11-31-9-7-26/h3-6,13-14,21H,2,7-12,15-16,26H2,1H3/t21-/m0/s1. The Morgan fingerprint density at radius 2 is 1.75 bits per heavy atom. The number of sulfone groups is 1. The van der Waals surface area contributed by atoms with Gasteiger partial charge in [-0.3, -0.25) is 0 Å². The van der Waals surface area contributed by atoms with Crippen LogP contribution >= 0.6 is 23.2 Å². The molecule has 1 heterocycles. The maximum atomic E-state index is 12.7. The fourth-order valence-electron chi connectivity index (χ4n) is 3.91. The minimum Gasteiger partial charge on any atom is -0.379 e. The molecule has 2 aromatic rings. The Morgan fingerprint density at radius 3 is 2.44 bits per heavy atom. The van der Waals surface area contributed by atoms with Crippen molar-refractivity contribution in [3.8, 4) is 0 Å². The van der Waals surface area contributed by atoms with Crippen LogP contribution in [0.4, 0.5) is 0 Å². The molecule has 0 bridgehead atoms. The van der Waals surface area contributed by atoms with Gasteiger partial charge in [0.1, 0.15) is 0 Å². The molecule has 0 aliphatic carbocycles. The Hall–Kier alpha value is -1.19. The Morgan fingerprint density at radius 1 is 1.06 bits per heavy atom. The van der Waals surface area contributed by atoms with E-state index in [-0.39, 0.29) is 11.7 Å². The van der Waals surface area contributed by atoms with Crippen LogP contribution in [0.25, 0.3) is 0 Å². The Labute approximate surface area is 200 Å². The summed E-state index contributed by atoms with van der Waals surface area (Å²) in [5.41, 5.74) is 8.55. The number of fused-ring (bicyclic) bond motifs is 1. The minimum atomic E-state index is -3.37. The Kier molecular flexibility index (Phi) is 9.37. The van der Waals surface area contributed by atoms with Crippen LogP contribution in [0.1, 0.15) is 29.0 Å². The zero-order valence-electron chi connectivity index (χ0n) is 18.2. The molecule has 2 N–H and O–H groups in total. The molecular weight excluding hydrogens is 471 g/mol. The largest absolute Gasteiger partial charge is 0.379 e. The molecule has 176 valence electrons. The summed E-state index contributed by atoms with van der Waals surface area (Å²) in [6.07, 6.45) is 0.429. The molecule has 1 aliphatic heterocycles. The van der Waals surface area contributed by atoms with Crippen LogP contribution in [0, 0.1) is 0 Å². The lowest BCUT2D eigenvalue weighted by atomic mass is 9.85. The van der Waals surface area contributed by atoms with Crippen LogP contribution < -0.4 is 5.73 Å². The highest BCUT2D eigenvalue weighted by atomic mass is 35.5. The molecule has 2 aromatic carbocycles. The normalized spacial score (nSPS) is 16.8. The van der Waals surface area contributed by atoms with Crippen LogP contribution in [0.3, 0.4) is 0 Å². The molecule has 3 rings (SSSR count). The van der Waals surface area contributed by atoms with Gasteiger partial charge in [-0.25, -0.2) is 8.42 Å². The fraction of sp³-hybridized carbons (Fsp3) is 0.478. The van der Waals surface area contributed by atoms with E-state index in [1.54, 1.807) is 18.2 Å². The molecule has 0 radical (unpaired) electrons. The molecular formula is C23H30Cl2N2O4S. The summed E-state index contributed by atoms with van der Waals surface area (Å²) >= 11 is 12.7. The smallest absolute Gasteiger partial charge is 0.178 e. The van der Waals surface area contributed by atoms with Gasteiger partial charge in [0.05, 0.1) is 30.5 Å². The second-order valence-electron chi connectivity index (χ2n) is 7.96. The molecule has 0 fully saturated rings. The van der Waals surface area contributed by atoms with Crippen molar-refractivity contribution in [2.75, 3.05) is 52.3 Å². The number of ether oxygens (including phenoxy) is 2. The number of hydrogen-bond donors (Lipinski definition) is 1. The molecule has 0 unspecified atom stereocenters. The maximum absolute atomic E-state index is 12.7. The van der Waals surface area contributed by atoms with Crippen LogP contribution in [0.5, 0.6) is 0 Å². The van der Waals surface area contributed by atoms with Crippen molar-refractivity contribution in [2.45, 2.75) is 23.8 Å². The zero-order valence-corrected chi connectivity index (χ0v) is 20.6. The molecule has 0 saturated carbocycles. The van der Waals surface area contributed by atoms with Gasteiger partial charge < -0.3 is 20.1 Å². The van der Waals surface area contributed by atoms with E-state index in [9.17, 15) is 8.42 Å². The third-order valence-electron chi connectivity index (χ3n) is 5.47. The molecule has 6 nitrogen and oxygen atoms in total. The number of likely N-dealkylation sites (N-methyl/N-ethyl adjacent to an activating group) is 1. The molecule has 1 atom stereocenters. The van der Waals surface area contributed by atoms with E-state index in [1.165, 1.54) is 0 Å². The highest BCUT2D eigenvalue weighted by molar-refractivity contribution is 7.91. The summed E-state index contributed by atoms with van der Waals surface area (Å²) in [6.45, 7) is 3.80. The number of nitrogens with two attached hydrogens (primary N) is 1. The first-order valence-corrected chi connectivity index (χ1v) is 13.1. The van der Waals surface area contributed by atoms with Crippen molar-refractivity contribution in [1.29, 1.82) is 0 Å². The van der Waals surface area contributed by atoms with Gasteiger partial charge in [0, 0.05) is 42.2 Å². The van der Waals surface area contributed by atoms with Crippen molar-refractivity contribution in [1.82, 2.24) is 4.90 Å². The maximum Gasteiger partial charge on any atom is 0.178 e. The van der Waals surface area contributed by atoms with Crippen molar-refractivity contribution in [2.24, 2.45) is 5.73 Å². The average molecular weight is 501 g/mol. The highest BCUT2D eigenvalue weighted by Crippen LogP contribution is 2.38. The molecule has 32 heavy (non-hydrogen) atoms. The lowest BCUT2D eigenvalue weighted by Crippen LogP contribution is -2.31. The summed E-state index contributed by atoms with van der Waals surface area (Å²) in [6, 6.07) is 10.9. The summed E-state index contributed by atoms with van der Waals surface area (Å²) in [7, 11) is -1.33. The first-order chi connectivity index (χ1) is 15.3. The number of benzene rings is 2.